The van der Waals surface area contributed by atoms with Gasteiger partial charge in [-0.3, -0.25) is 0 Å². The number of aromatic hydroxyl groups is 1. The lowest BCUT2D eigenvalue weighted by atomic mass is 10.2. The Morgan fingerprint density at radius 1 is 1.21 bits per heavy atom. The van der Waals surface area contributed by atoms with Crippen LogP contribution in [0, 0.1) is 6.07 Å². The molecule has 2 aromatic carbocycles. The average Bonchev–Trinajstić information content (AvgIpc) is 2.43. The van der Waals surface area contributed by atoms with Gasteiger partial charge in [0, 0.05) is 5.69 Å². The van der Waals surface area contributed by atoms with E-state index in [1.54, 1.807) is 18.2 Å². The summed E-state index contributed by atoms with van der Waals surface area (Å²) in [4.78, 5) is 8.36. The molecule has 0 spiro atoms. The fourth-order valence-corrected chi connectivity index (χ4v) is 1.94. The van der Waals surface area contributed by atoms with Crippen LogP contribution in [0.1, 0.15) is 0 Å². The number of hydrogen-bond acceptors (Lipinski definition) is 4. The first kappa shape index (κ1) is 11.7. The summed E-state index contributed by atoms with van der Waals surface area (Å²) < 4.78 is 0. The lowest BCUT2D eigenvalue weighted by Gasteiger charge is -2.08. The summed E-state index contributed by atoms with van der Waals surface area (Å²) in [6, 6.07) is 13.5. The van der Waals surface area contributed by atoms with E-state index >= 15 is 0 Å². The van der Waals surface area contributed by atoms with Crippen LogP contribution >= 0.6 is 11.6 Å². The van der Waals surface area contributed by atoms with Gasteiger partial charge in [0.05, 0.1) is 15.9 Å². The number of nitrogens with one attached hydrogen (secondary N) is 1. The number of halogens is 1. The molecular formula is C14H9ClN3O. The highest BCUT2D eigenvalue weighted by Crippen LogP contribution is 2.28. The van der Waals surface area contributed by atoms with Gasteiger partial charge >= 0.3 is 0 Å². The monoisotopic (exact) mass is 270 g/mol. The molecule has 1 aromatic heterocycles. The average molecular weight is 271 g/mol. The fourth-order valence-electron chi connectivity index (χ4n) is 1.75. The second-order valence-corrected chi connectivity index (χ2v) is 4.35. The van der Waals surface area contributed by atoms with Crippen LogP contribution < -0.4 is 5.32 Å². The van der Waals surface area contributed by atoms with Gasteiger partial charge in [-0.2, -0.15) is 0 Å². The van der Waals surface area contributed by atoms with Crippen molar-refractivity contribution in [2.75, 3.05) is 5.32 Å². The van der Waals surface area contributed by atoms with Crippen molar-refractivity contribution in [3.05, 3.63) is 53.8 Å². The number of hydrogen-bond donors (Lipinski definition) is 2. The van der Waals surface area contributed by atoms with Gasteiger partial charge in [-0.15, -0.1) is 0 Å². The van der Waals surface area contributed by atoms with Gasteiger partial charge < -0.3 is 10.4 Å². The highest BCUT2D eigenvalue weighted by Gasteiger charge is 2.05. The molecule has 5 heteroatoms. The first-order valence-corrected chi connectivity index (χ1v) is 5.99. The lowest BCUT2D eigenvalue weighted by Crippen LogP contribution is -1.95. The summed E-state index contributed by atoms with van der Waals surface area (Å²) in [5, 5.41) is 13.6. The summed E-state index contributed by atoms with van der Waals surface area (Å²) in [7, 11) is 0. The number of phenols is 1. The summed E-state index contributed by atoms with van der Waals surface area (Å²) in [6.45, 7) is 0. The van der Waals surface area contributed by atoms with Gasteiger partial charge in [0.1, 0.15) is 17.9 Å². The van der Waals surface area contributed by atoms with Gasteiger partial charge in [-0.1, -0.05) is 23.7 Å². The third-order valence-corrected chi connectivity index (χ3v) is 2.97. The van der Waals surface area contributed by atoms with Gasteiger partial charge in [0.15, 0.2) is 0 Å². The highest BCUT2D eigenvalue weighted by atomic mass is 35.5. The minimum Gasteiger partial charge on any atom is -0.506 e. The minimum absolute atomic E-state index is 0.0475. The second kappa shape index (κ2) is 4.74. The Kier molecular flexibility index (Phi) is 2.93. The number of phenolic OH excluding ortho intramolecular Hbond substituents is 1. The van der Waals surface area contributed by atoms with E-state index in [2.05, 4.69) is 21.4 Å². The van der Waals surface area contributed by atoms with E-state index in [0.717, 1.165) is 16.6 Å². The molecule has 0 aliphatic rings. The number of aromatic nitrogens is 2. The minimum atomic E-state index is 0.0475. The molecule has 0 saturated heterocycles. The molecule has 2 N–H and O–H groups in total. The van der Waals surface area contributed by atoms with Crippen LogP contribution in [0.4, 0.5) is 11.5 Å². The molecule has 4 nitrogen and oxygen atoms in total. The van der Waals surface area contributed by atoms with Gasteiger partial charge in [0.25, 0.3) is 0 Å². The topological polar surface area (TPSA) is 58.0 Å². The van der Waals surface area contributed by atoms with Crippen LogP contribution in [-0.2, 0) is 0 Å². The Balaban J connectivity index is 2.03. The van der Waals surface area contributed by atoms with E-state index in [9.17, 15) is 5.11 Å². The maximum Gasteiger partial charge on any atom is 0.142 e. The van der Waals surface area contributed by atoms with Crippen molar-refractivity contribution in [2.24, 2.45) is 0 Å². The van der Waals surface area contributed by atoms with Crippen molar-refractivity contribution < 1.29 is 5.11 Å². The highest BCUT2D eigenvalue weighted by molar-refractivity contribution is 6.32. The summed E-state index contributed by atoms with van der Waals surface area (Å²) >= 11 is 5.87. The van der Waals surface area contributed by atoms with Gasteiger partial charge in [0.2, 0.25) is 0 Å². The van der Waals surface area contributed by atoms with Crippen molar-refractivity contribution in [3.63, 3.8) is 0 Å². The lowest BCUT2D eigenvalue weighted by molar-refractivity contribution is 0.475. The van der Waals surface area contributed by atoms with Crippen molar-refractivity contribution in [2.45, 2.75) is 0 Å². The van der Waals surface area contributed by atoms with Crippen LogP contribution in [0.25, 0.3) is 10.9 Å². The van der Waals surface area contributed by atoms with Gasteiger partial charge in [-0.25, -0.2) is 9.97 Å². The zero-order chi connectivity index (χ0) is 13.2. The predicted molar refractivity (Wildman–Crippen MR) is 74.8 cm³/mol. The normalized spacial score (nSPS) is 10.6. The molecule has 0 fully saturated rings. The number of fused-ring (bicyclic) bond motifs is 1. The SMILES string of the molecule is Oc1ccc(Nc2ncnc3ccc[c]c23)cc1Cl. The molecule has 1 heterocycles. The molecule has 0 amide bonds. The Bertz CT molecular complexity index is 740. The quantitative estimate of drug-likeness (QED) is 0.700. The molecule has 0 unspecified atom stereocenters. The predicted octanol–water partition coefficient (Wildman–Crippen LogP) is 3.53. The number of nitrogens with zero attached hydrogens (tertiary/aromatic N) is 2. The first-order chi connectivity index (χ1) is 9.24. The van der Waals surface area contributed by atoms with E-state index in [1.165, 1.54) is 12.4 Å². The first-order valence-electron chi connectivity index (χ1n) is 5.61. The van der Waals surface area contributed by atoms with Crippen molar-refractivity contribution in [1.29, 1.82) is 0 Å². The molecule has 93 valence electrons. The molecule has 0 bridgehead atoms. The maximum absolute atomic E-state index is 9.39. The van der Waals surface area contributed by atoms with Crippen LogP contribution in [0.3, 0.4) is 0 Å². The van der Waals surface area contributed by atoms with E-state index in [4.69, 9.17) is 11.6 Å². The molecule has 1 radical (unpaired) electrons. The summed E-state index contributed by atoms with van der Waals surface area (Å²) in [5.41, 5.74) is 1.55. The molecule has 3 rings (SSSR count). The third-order valence-electron chi connectivity index (χ3n) is 2.67. The Labute approximate surface area is 114 Å². The second-order valence-electron chi connectivity index (χ2n) is 3.94. The molecule has 0 aliphatic carbocycles. The fraction of sp³-hybridized carbons (Fsp3) is 0. The molecule has 0 atom stereocenters. The summed E-state index contributed by atoms with van der Waals surface area (Å²) in [5.74, 6) is 0.693. The van der Waals surface area contributed by atoms with E-state index < -0.39 is 0 Å². The zero-order valence-corrected chi connectivity index (χ0v) is 10.5. The summed E-state index contributed by atoms with van der Waals surface area (Å²) in [6.07, 6.45) is 1.49. The smallest absolute Gasteiger partial charge is 0.142 e. The van der Waals surface area contributed by atoms with Crippen LogP contribution in [0.2, 0.25) is 5.02 Å². The van der Waals surface area contributed by atoms with E-state index in [0.29, 0.717) is 5.82 Å². The largest absolute Gasteiger partial charge is 0.506 e. The molecule has 19 heavy (non-hydrogen) atoms. The van der Waals surface area contributed by atoms with Crippen molar-refractivity contribution in [3.8, 4) is 5.75 Å². The van der Waals surface area contributed by atoms with E-state index in [1.807, 2.05) is 12.1 Å². The Hall–Kier alpha value is -2.33. The van der Waals surface area contributed by atoms with Crippen LogP contribution in [0.15, 0.2) is 42.7 Å². The molecule has 0 aliphatic heterocycles. The maximum atomic E-state index is 9.39. The Morgan fingerprint density at radius 3 is 2.95 bits per heavy atom. The number of anilines is 2. The zero-order valence-electron chi connectivity index (χ0n) is 9.76. The number of benzene rings is 2. The molecule has 0 saturated carbocycles. The van der Waals surface area contributed by atoms with Crippen molar-refractivity contribution >= 4 is 34.0 Å². The van der Waals surface area contributed by atoms with E-state index in [-0.39, 0.29) is 10.8 Å². The van der Waals surface area contributed by atoms with Crippen LogP contribution in [0.5, 0.6) is 5.75 Å². The molecule has 3 aromatic rings. The third kappa shape index (κ3) is 2.30. The van der Waals surface area contributed by atoms with Crippen LogP contribution in [-0.4, -0.2) is 15.1 Å². The van der Waals surface area contributed by atoms with Gasteiger partial charge in [-0.05, 0) is 30.3 Å². The standard InChI is InChI=1S/C14H9ClN3O/c15-11-7-9(5-6-13(11)19)18-14-10-3-1-2-4-12(10)16-8-17-14/h1-2,4-8,19H,(H,16,17,18). The number of rotatable bonds is 2. The van der Waals surface area contributed by atoms with Crippen molar-refractivity contribution in [1.82, 2.24) is 9.97 Å². The molecular weight excluding hydrogens is 262 g/mol. The Morgan fingerprint density at radius 2 is 2.11 bits per heavy atom.